The molecule has 0 fully saturated rings. The van der Waals surface area contributed by atoms with Crippen molar-refractivity contribution in [2.24, 2.45) is 0 Å². The number of benzene rings is 2. The van der Waals surface area contributed by atoms with Crippen LogP contribution in [0, 0.1) is 6.92 Å². The average molecular weight is 477 g/mol. The minimum atomic E-state index is -1.85. The molecule has 2 aromatic rings. The fraction of sp³-hybridized carbons (Fsp3) is 0.263. The highest BCUT2D eigenvalue weighted by atomic mass is 35.6. The van der Waals surface area contributed by atoms with Crippen LogP contribution in [0.3, 0.4) is 0 Å². The average Bonchev–Trinajstić information content (AvgIpc) is 2.67. The molecule has 156 valence electrons. The lowest BCUT2D eigenvalue weighted by atomic mass is 10.2. The number of halogens is 3. The topological polar surface area (TPSA) is 71.6 Å². The van der Waals surface area contributed by atoms with E-state index in [1.165, 1.54) is 0 Å². The maximum absolute atomic E-state index is 12.2. The Morgan fingerprint density at radius 2 is 1.62 bits per heavy atom. The molecule has 2 aromatic carbocycles. The van der Waals surface area contributed by atoms with Crippen molar-refractivity contribution >= 4 is 63.7 Å². The molecular weight excluding hydrogens is 457 g/mol. The minimum absolute atomic E-state index is 0.182. The minimum Gasteiger partial charge on any atom is -0.497 e. The van der Waals surface area contributed by atoms with E-state index in [0.717, 1.165) is 11.3 Å². The number of carbonyl (C=O) groups is 1. The maximum atomic E-state index is 12.2. The van der Waals surface area contributed by atoms with Crippen LogP contribution in [0.5, 0.6) is 11.5 Å². The third kappa shape index (κ3) is 8.14. The number of rotatable bonds is 7. The number of thiocarbonyl (C=S) groups is 1. The summed E-state index contributed by atoms with van der Waals surface area (Å²) in [5.74, 6) is 0.676. The Balaban J connectivity index is 1.90. The van der Waals surface area contributed by atoms with Gasteiger partial charge >= 0.3 is 0 Å². The first-order valence-electron chi connectivity index (χ1n) is 8.44. The van der Waals surface area contributed by atoms with Gasteiger partial charge in [0.1, 0.15) is 17.7 Å². The molecule has 0 heterocycles. The third-order valence-corrected chi connectivity index (χ3v) is 4.52. The number of ether oxygens (including phenoxy) is 2. The molecule has 1 amide bonds. The van der Waals surface area contributed by atoms with Gasteiger partial charge in [-0.1, -0.05) is 52.5 Å². The molecule has 0 unspecified atom stereocenters. The van der Waals surface area contributed by atoms with E-state index < -0.39 is 15.9 Å². The first-order chi connectivity index (χ1) is 13.7. The SMILES string of the molecule is COc1ccc(OCC(=O)N[C@H](NC(=S)Nc2ccc(C)cc2)C(Cl)(Cl)Cl)cc1. The zero-order valence-corrected chi connectivity index (χ0v) is 18.8. The molecule has 29 heavy (non-hydrogen) atoms. The number of hydrogen-bond acceptors (Lipinski definition) is 4. The van der Waals surface area contributed by atoms with Gasteiger partial charge in [0, 0.05) is 5.69 Å². The van der Waals surface area contributed by atoms with Crippen molar-refractivity contribution in [3.8, 4) is 11.5 Å². The molecule has 0 aliphatic rings. The number of carbonyl (C=O) groups excluding carboxylic acids is 1. The van der Waals surface area contributed by atoms with Gasteiger partial charge in [-0.05, 0) is 55.5 Å². The standard InChI is InChI=1S/C19H20Cl3N3O3S/c1-12-3-5-13(6-4-12)23-18(29)25-17(19(20,21)22)24-16(26)11-28-15-9-7-14(27-2)8-10-15/h3-10,17H,11H2,1-2H3,(H,24,26)(H2,23,25,29)/t17-/m1/s1. The summed E-state index contributed by atoms with van der Waals surface area (Å²) >= 11 is 23.2. The zero-order valence-electron chi connectivity index (χ0n) is 15.7. The van der Waals surface area contributed by atoms with E-state index in [-0.39, 0.29) is 11.7 Å². The Morgan fingerprint density at radius 3 is 2.17 bits per heavy atom. The van der Waals surface area contributed by atoms with Crippen LogP contribution in [0.15, 0.2) is 48.5 Å². The Morgan fingerprint density at radius 1 is 1.03 bits per heavy atom. The number of hydrogen-bond donors (Lipinski definition) is 3. The van der Waals surface area contributed by atoms with Gasteiger partial charge in [0.25, 0.3) is 5.91 Å². The van der Waals surface area contributed by atoms with E-state index in [1.807, 2.05) is 31.2 Å². The molecule has 6 nitrogen and oxygen atoms in total. The summed E-state index contributed by atoms with van der Waals surface area (Å²) in [5.41, 5.74) is 1.86. The monoisotopic (exact) mass is 475 g/mol. The summed E-state index contributed by atoms with van der Waals surface area (Å²) in [6, 6.07) is 14.4. The van der Waals surface area contributed by atoms with Crippen molar-refractivity contribution in [2.45, 2.75) is 16.9 Å². The number of alkyl halides is 3. The van der Waals surface area contributed by atoms with E-state index in [4.69, 9.17) is 56.5 Å². The first-order valence-corrected chi connectivity index (χ1v) is 9.98. The lowest BCUT2D eigenvalue weighted by Crippen LogP contribution is -2.56. The lowest BCUT2D eigenvalue weighted by molar-refractivity contribution is -0.123. The van der Waals surface area contributed by atoms with E-state index in [9.17, 15) is 4.79 Å². The molecule has 0 saturated heterocycles. The van der Waals surface area contributed by atoms with Crippen LogP contribution in [-0.4, -0.2) is 34.7 Å². The van der Waals surface area contributed by atoms with Crippen molar-refractivity contribution in [1.29, 1.82) is 0 Å². The normalized spacial score (nSPS) is 11.9. The predicted octanol–water partition coefficient (Wildman–Crippen LogP) is 4.18. The summed E-state index contributed by atoms with van der Waals surface area (Å²) in [7, 11) is 1.56. The molecule has 0 radical (unpaired) electrons. The Bertz CT molecular complexity index is 827. The molecule has 10 heteroatoms. The summed E-state index contributed by atoms with van der Waals surface area (Å²) in [6.07, 6.45) is -1.08. The highest BCUT2D eigenvalue weighted by Crippen LogP contribution is 2.29. The van der Waals surface area contributed by atoms with Gasteiger partial charge in [0.15, 0.2) is 11.7 Å². The molecule has 0 aliphatic heterocycles. The summed E-state index contributed by atoms with van der Waals surface area (Å²) in [4.78, 5) is 12.2. The van der Waals surface area contributed by atoms with Gasteiger partial charge in [-0.2, -0.15) is 0 Å². The second-order valence-corrected chi connectivity index (χ2v) is 8.75. The third-order valence-electron chi connectivity index (χ3n) is 3.65. The molecule has 0 bridgehead atoms. The zero-order chi connectivity index (χ0) is 21.4. The fourth-order valence-electron chi connectivity index (χ4n) is 2.16. The highest BCUT2D eigenvalue weighted by molar-refractivity contribution is 7.80. The Kier molecular flexibility index (Phi) is 8.64. The van der Waals surface area contributed by atoms with E-state index >= 15 is 0 Å². The van der Waals surface area contributed by atoms with Gasteiger partial charge in [0.2, 0.25) is 3.79 Å². The number of aryl methyl sites for hydroxylation is 1. The molecule has 0 aliphatic carbocycles. The van der Waals surface area contributed by atoms with Gasteiger partial charge < -0.3 is 25.4 Å². The van der Waals surface area contributed by atoms with E-state index in [1.54, 1.807) is 31.4 Å². The maximum Gasteiger partial charge on any atom is 0.259 e. The van der Waals surface area contributed by atoms with Crippen molar-refractivity contribution in [3.05, 3.63) is 54.1 Å². The Labute approximate surface area is 189 Å². The number of methoxy groups -OCH3 is 1. The molecule has 1 atom stereocenters. The van der Waals surface area contributed by atoms with Gasteiger partial charge in [-0.3, -0.25) is 4.79 Å². The smallest absolute Gasteiger partial charge is 0.259 e. The molecule has 0 spiro atoms. The fourth-order valence-corrected chi connectivity index (χ4v) is 2.72. The molecule has 0 aromatic heterocycles. The largest absolute Gasteiger partial charge is 0.497 e. The quantitative estimate of drug-likeness (QED) is 0.316. The molecular formula is C19H20Cl3N3O3S. The van der Waals surface area contributed by atoms with Crippen LogP contribution >= 0.6 is 47.0 Å². The molecule has 3 N–H and O–H groups in total. The number of anilines is 1. The van der Waals surface area contributed by atoms with Crippen LogP contribution in [0.25, 0.3) is 0 Å². The molecule has 2 rings (SSSR count). The van der Waals surface area contributed by atoms with Crippen molar-refractivity contribution in [2.75, 3.05) is 19.0 Å². The second-order valence-electron chi connectivity index (χ2n) is 5.97. The van der Waals surface area contributed by atoms with Gasteiger partial charge in [-0.15, -0.1) is 0 Å². The lowest BCUT2D eigenvalue weighted by Gasteiger charge is -2.27. The van der Waals surface area contributed by atoms with E-state index in [0.29, 0.717) is 11.5 Å². The van der Waals surface area contributed by atoms with Crippen molar-refractivity contribution < 1.29 is 14.3 Å². The van der Waals surface area contributed by atoms with Crippen molar-refractivity contribution in [3.63, 3.8) is 0 Å². The summed E-state index contributed by atoms with van der Waals surface area (Å²) < 4.78 is 8.63. The van der Waals surface area contributed by atoms with Crippen LogP contribution in [0.2, 0.25) is 0 Å². The van der Waals surface area contributed by atoms with Crippen LogP contribution in [-0.2, 0) is 4.79 Å². The van der Waals surface area contributed by atoms with Crippen LogP contribution < -0.4 is 25.4 Å². The van der Waals surface area contributed by atoms with Gasteiger partial charge in [-0.25, -0.2) is 0 Å². The van der Waals surface area contributed by atoms with Gasteiger partial charge in [0.05, 0.1) is 7.11 Å². The summed E-state index contributed by atoms with van der Waals surface area (Å²) in [5, 5.41) is 8.48. The van der Waals surface area contributed by atoms with Crippen LogP contribution in [0.4, 0.5) is 5.69 Å². The Hall–Kier alpha value is -1.93. The predicted molar refractivity (Wildman–Crippen MR) is 121 cm³/mol. The van der Waals surface area contributed by atoms with E-state index in [2.05, 4.69) is 16.0 Å². The highest BCUT2D eigenvalue weighted by Gasteiger charge is 2.34. The number of amides is 1. The van der Waals surface area contributed by atoms with Crippen LogP contribution in [0.1, 0.15) is 5.56 Å². The second kappa shape index (κ2) is 10.7. The van der Waals surface area contributed by atoms with Crippen molar-refractivity contribution in [1.82, 2.24) is 10.6 Å². The number of nitrogens with one attached hydrogen (secondary N) is 3. The first kappa shape index (κ1) is 23.3. The summed E-state index contributed by atoms with van der Waals surface area (Å²) in [6.45, 7) is 1.70. The molecule has 0 saturated carbocycles.